The fourth-order valence-corrected chi connectivity index (χ4v) is 4.05. The molecule has 0 atom stereocenters. The van der Waals surface area contributed by atoms with Gasteiger partial charge in [-0.1, -0.05) is 23.5 Å². The molecule has 0 unspecified atom stereocenters. The summed E-state index contributed by atoms with van der Waals surface area (Å²) in [7, 11) is 1.48. The number of rotatable bonds is 4. The third kappa shape index (κ3) is 3.62. The fraction of sp³-hybridized carbons (Fsp3) is 0.150. The van der Waals surface area contributed by atoms with E-state index in [0.717, 1.165) is 23.5 Å². The van der Waals surface area contributed by atoms with Gasteiger partial charge in [-0.3, -0.25) is 9.59 Å². The number of amides is 1. The second-order valence-corrected chi connectivity index (χ2v) is 7.16. The van der Waals surface area contributed by atoms with Gasteiger partial charge in [0.05, 0.1) is 22.2 Å². The molecular weight excluding hydrogens is 402 g/mol. The first-order valence-corrected chi connectivity index (χ1v) is 9.39. The number of halogens is 2. The molecule has 0 bridgehead atoms. The van der Waals surface area contributed by atoms with Gasteiger partial charge in [0.25, 0.3) is 0 Å². The Labute approximate surface area is 166 Å². The second-order valence-electron chi connectivity index (χ2n) is 6.15. The van der Waals surface area contributed by atoms with E-state index in [1.165, 1.54) is 17.7 Å². The number of methoxy groups -OCH3 is 1. The fourth-order valence-electron chi connectivity index (χ4n) is 2.96. The largest absolute Gasteiger partial charge is 0.451 e. The van der Waals surface area contributed by atoms with Crippen LogP contribution < -0.4 is 10.2 Å². The molecule has 0 aliphatic carbocycles. The molecule has 0 aliphatic rings. The predicted octanol–water partition coefficient (Wildman–Crippen LogP) is 3.47. The molecule has 6 nitrogen and oxygen atoms in total. The molecule has 0 N–H and O–H groups in total. The normalized spacial score (nSPS) is 12.2. The van der Waals surface area contributed by atoms with Gasteiger partial charge in [0.2, 0.25) is 0 Å². The SMILES string of the molecule is COCCn1c(=NC(=O)c2cc(=O)c3ccccc3o2)sc2cc(F)cc(F)c21. The monoisotopic (exact) mass is 416 g/mol. The van der Waals surface area contributed by atoms with E-state index < -0.39 is 17.5 Å². The number of thiazole rings is 1. The molecule has 4 aromatic rings. The van der Waals surface area contributed by atoms with Crippen LogP contribution in [0.4, 0.5) is 8.78 Å². The van der Waals surface area contributed by atoms with Crippen molar-refractivity contribution in [2.45, 2.75) is 6.54 Å². The van der Waals surface area contributed by atoms with E-state index in [1.54, 1.807) is 24.3 Å². The zero-order chi connectivity index (χ0) is 20.5. The van der Waals surface area contributed by atoms with Gasteiger partial charge in [0.15, 0.2) is 21.8 Å². The zero-order valence-electron chi connectivity index (χ0n) is 15.1. The van der Waals surface area contributed by atoms with Crippen LogP contribution in [0.5, 0.6) is 0 Å². The molecule has 29 heavy (non-hydrogen) atoms. The molecule has 9 heteroatoms. The molecule has 4 rings (SSSR count). The van der Waals surface area contributed by atoms with E-state index in [2.05, 4.69) is 4.99 Å². The van der Waals surface area contributed by atoms with Crippen molar-refractivity contribution in [3.05, 3.63) is 74.9 Å². The maximum atomic E-state index is 14.4. The van der Waals surface area contributed by atoms with E-state index in [-0.39, 0.29) is 40.2 Å². The van der Waals surface area contributed by atoms with Crippen molar-refractivity contribution in [3.8, 4) is 0 Å². The quantitative estimate of drug-likeness (QED) is 0.511. The van der Waals surface area contributed by atoms with Crippen molar-refractivity contribution in [1.82, 2.24) is 4.57 Å². The Bertz CT molecular complexity index is 1370. The van der Waals surface area contributed by atoms with Gasteiger partial charge >= 0.3 is 5.91 Å². The lowest BCUT2D eigenvalue weighted by Gasteiger charge is -2.05. The number of nitrogens with zero attached hydrogens (tertiary/aromatic N) is 2. The minimum atomic E-state index is -0.800. The van der Waals surface area contributed by atoms with E-state index in [1.807, 2.05) is 0 Å². The van der Waals surface area contributed by atoms with E-state index in [4.69, 9.17) is 9.15 Å². The first kappa shape index (κ1) is 19.2. The summed E-state index contributed by atoms with van der Waals surface area (Å²) in [6.45, 7) is 0.432. The highest BCUT2D eigenvalue weighted by molar-refractivity contribution is 7.16. The summed E-state index contributed by atoms with van der Waals surface area (Å²) in [5.74, 6) is -2.53. The number of carbonyl (C=O) groups is 1. The van der Waals surface area contributed by atoms with Gasteiger partial charge in [-0.2, -0.15) is 4.99 Å². The minimum absolute atomic E-state index is 0.125. The number of ether oxygens (including phenoxy) is 1. The molecule has 0 saturated carbocycles. The number of hydrogen-bond acceptors (Lipinski definition) is 5. The van der Waals surface area contributed by atoms with Crippen LogP contribution in [0, 0.1) is 11.6 Å². The van der Waals surface area contributed by atoms with Crippen molar-refractivity contribution in [2.75, 3.05) is 13.7 Å². The van der Waals surface area contributed by atoms with E-state index in [9.17, 15) is 18.4 Å². The molecule has 2 aromatic heterocycles. The molecular formula is C20H14F2N2O4S. The Balaban J connectivity index is 1.88. The van der Waals surface area contributed by atoms with Crippen LogP contribution >= 0.6 is 11.3 Å². The number of benzene rings is 2. The number of para-hydroxylation sites is 1. The first-order valence-electron chi connectivity index (χ1n) is 8.57. The third-order valence-electron chi connectivity index (χ3n) is 4.26. The molecule has 0 saturated heterocycles. The topological polar surface area (TPSA) is 73.8 Å². The molecule has 1 amide bonds. The van der Waals surface area contributed by atoms with Gasteiger partial charge in [0.1, 0.15) is 11.4 Å². The van der Waals surface area contributed by atoms with Crippen molar-refractivity contribution in [2.24, 2.45) is 4.99 Å². The third-order valence-corrected chi connectivity index (χ3v) is 5.28. The number of fused-ring (bicyclic) bond motifs is 2. The Morgan fingerprint density at radius 2 is 2.03 bits per heavy atom. The van der Waals surface area contributed by atoms with Crippen LogP contribution in [0.2, 0.25) is 0 Å². The van der Waals surface area contributed by atoms with Gasteiger partial charge in [-0.25, -0.2) is 8.78 Å². The summed E-state index contributed by atoms with van der Waals surface area (Å²) < 4.78 is 40.2. The van der Waals surface area contributed by atoms with Gasteiger partial charge in [-0.15, -0.1) is 0 Å². The van der Waals surface area contributed by atoms with E-state index in [0.29, 0.717) is 10.1 Å². The number of aromatic nitrogens is 1. The minimum Gasteiger partial charge on any atom is -0.451 e. The van der Waals surface area contributed by atoms with Gasteiger partial charge in [0, 0.05) is 25.8 Å². The van der Waals surface area contributed by atoms with E-state index >= 15 is 0 Å². The molecule has 148 valence electrons. The molecule has 2 heterocycles. The highest BCUT2D eigenvalue weighted by Gasteiger charge is 2.16. The van der Waals surface area contributed by atoms with Crippen LogP contribution in [-0.4, -0.2) is 24.2 Å². The van der Waals surface area contributed by atoms with Crippen LogP contribution in [0.15, 0.2) is 56.7 Å². The molecule has 0 fully saturated rings. The number of carbonyl (C=O) groups excluding carboxylic acids is 1. The second kappa shape index (κ2) is 7.69. The Hall–Kier alpha value is -3.17. The molecule has 0 aliphatic heterocycles. The molecule has 0 spiro atoms. The zero-order valence-corrected chi connectivity index (χ0v) is 16.0. The lowest BCUT2D eigenvalue weighted by molar-refractivity contribution is 0.0971. The van der Waals surface area contributed by atoms with Crippen LogP contribution in [0.3, 0.4) is 0 Å². The van der Waals surface area contributed by atoms with Crippen LogP contribution in [0.25, 0.3) is 21.2 Å². The lowest BCUT2D eigenvalue weighted by Crippen LogP contribution is -2.20. The van der Waals surface area contributed by atoms with Crippen molar-refractivity contribution >= 4 is 38.4 Å². The molecule has 0 radical (unpaired) electrons. The predicted molar refractivity (Wildman–Crippen MR) is 104 cm³/mol. The average Bonchev–Trinajstić information content (AvgIpc) is 3.03. The summed E-state index contributed by atoms with van der Waals surface area (Å²) in [6, 6.07) is 9.55. The van der Waals surface area contributed by atoms with Crippen LogP contribution in [-0.2, 0) is 11.3 Å². The maximum absolute atomic E-state index is 14.4. The standard InChI is InChI=1S/C20H14F2N2O4S/c1-27-7-6-24-18-13(22)8-11(21)9-17(18)29-20(24)23-19(26)16-10-14(25)12-4-2-3-5-15(12)28-16/h2-5,8-10H,6-7H2,1H3. The van der Waals surface area contributed by atoms with Gasteiger partial charge in [-0.05, 0) is 18.2 Å². The van der Waals surface area contributed by atoms with Gasteiger partial charge < -0.3 is 13.7 Å². The summed E-state index contributed by atoms with van der Waals surface area (Å²) in [5.41, 5.74) is 0.0114. The van der Waals surface area contributed by atoms with Crippen molar-refractivity contribution < 1.29 is 22.7 Å². The lowest BCUT2D eigenvalue weighted by atomic mass is 10.2. The highest BCUT2D eigenvalue weighted by Crippen LogP contribution is 2.22. The van der Waals surface area contributed by atoms with Crippen molar-refractivity contribution in [1.29, 1.82) is 0 Å². The smallest absolute Gasteiger partial charge is 0.315 e. The Kier molecular flexibility index (Phi) is 5.08. The summed E-state index contributed by atoms with van der Waals surface area (Å²) in [5, 5.41) is 0.346. The molecule has 2 aromatic carbocycles. The summed E-state index contributed by atoms with van der Waals surface area (Å²) in [4.78, 5) is 29.0. The first-order chi connectivity index (χ1) is 14.0. The average molecular weight is 416 g/mol. The maximum Gasteiger partial charge on any atom is 0.315 e. The van der Waals surface area contributed by atoms with Crippen molar-refractivity contribution in [3.63, 3.8) is 0 Å². The number of hydrogen-bond donors (Lipinski definition) is 0. The highest BCUT2D eigenvalue weighted by atomic mass is 32.1. The summed E-state index contributed by atoms with van der Waals surface area (Å²) in [6.07, 6.45) is 0. The Morgan fingerprint density at radius 1 is 1.24 bits per heavy atom. The van der Waals surface area contributed by atoms with Crippen LogP contribution in [0.1, 0.15) is 10.6 Å². The summed E-state index contributed by atoms with van der Waals surface area (Å²) >= 11 is 0.954. The Morgan fingerprint density at radius 3 is 2.83 bits per heavy atom.